The molecule has 8 heteroatoms. The van der Waals surface area contributed by atoms with Crippen molar-refractivity contribution >= 4 is 21.9 Å². The van der Waals surface area contributed by atoms with E-state index in [1.165, 1.54) is 12.1 Å². The van der Waals surface area contributed by atoms with Crippen LogP contribution in [0.25, 0.3) is 11.3 Å². The van der Waals surface area contributed by atoms with Gasteiger partial charge in [0.15, 0.2) is 17.8 Å². The van der Waals surface area contributed by atoms with E-state index in [-0.39, 0.29) is 28.1 Å². The fraction of sp³-hybridized carbons (Fsp3) is 0.231. The summed E-state index contributed by atoms with van der Waals surface area (Å²) in [6.45, 7) is 1.66. The molecule has 2 aromatic rings. The standard InChI is InChI=1S/C13H9BrF3NO3/c1-2-20-12(19)10-11(21-6-18-10)8-4-3-7(14)5-9(8)13(15,16)17/h3-6H,2H2,1H3. The molecule has 0 amide bonds. The van der Waals surface area contributed by atoms with Gasteiger partial charge in [-0.3, -0.25) is 0 Å². The molecule has 0 saturated carbocycles. The fourth-order valence-corrected chi connectivity index (χ4v) is 2.09. The highest BCUT2D eigenvalue weighted by atomic mass is 79.9. The van der Waals surface area contributed by atoms with Crippen molar-refractivity contribution in [3.63, 3.8) is 0 Å². The summed E-state index contributed by atoms with van der Waals surface area (Å²) in [5.41, 5.74) is -1.49. The lowest BCUT2D eigenvalue weighted by Gasteiger charge is -2.12. The number of ether oxygens (including phenoxy) is 1. The zero-order chi connectivity index (χ0) is 15.6. The Morgan fingerprint density at radius 2 is 2.14 bits per heavy atom. The van der Waals surface area contributed by atoms with Crippen LogP contribution in [0.1, 0.15) is 23.0 Å². The monoisotopic (exact) mass is 363 g/mol. The molecule has 112 valence electrons. The third kappa shape index (κ3) is 3.26. The quantitative estimate of drug-likeness (QED) is 0.763. The number of hydrogen-bond donors (Lipinski definition) is 0. The maximum Gasteiger partial charge on any atom is 0.417 e. The number of halogens is 4. The van der Waals surface area contributed by atoms with Gasteiger partial charge in [-0.25, -0.2) is 9.78 Å². The minimum atomic E-state index is -4.60. The van der Waals surface area contributed by atoms with Crippen LogP contribution >= 0.6 is 15.9 Å². The van der Waals surface area contributed by atoms with Gasteiger partial charge in [-0.05, 0) is 25.1 Å². The Labute approximate surface area is 126 Å². The Hall–Kier alpha value is -1.83. The first-order chi connectivity index (χ1) is 9.84. The summed E-state index contributed by atoms with van der Waals surface area (Å²) in [6.07, 6.45) is -3.69. The van der Waals surface area contributed by atoms with E-state index in [2.05, 4.69) is 20.9 Å². The van der Waals surface area contributed by atoms with Gasteiger partial charge in [-0.15, -0.1) is 0 Å². The third-order valence-corrected chi connectivity index (χ3v) is 3.06. The summed E-state index contributed by atoms with van der Waals surface area (Å²) >= 11 is 2.99. The van der Waals surface area contributed by atoms with E-state index in [0.717, 1.165) is 12.5 Å². The molecule has 0 saturated heterocycles. The smallest absolute Gasteiger partial charge is 0.417 e. The molecule has 4 nitrogen and oxygen atoms in total. The van der Waals surface area contributed by atoms with Gasteiger partial charge in [0.25, 0.3) is 0 Å². The second-order valence-electron chi connectivity index (χ2n) is 3.94. The zero-order valence-corrected chi connectivity index (χ0v) is 12.3. The predicted molar refractivity (Wildman–Crippen MR) is 70.6 cm³/mol. The molecule has 0 aliphatic rings. The molecule has 0 radical (unpaired) electrons. The predicted octanol–water partition coefficient (Wildman–Crippen LogP) is 4.30. The van der Waals surface area contributed by atoms with E-state index in [4.69, 9.17) is 9.15 Å². The molecule has 0 bridgehead atoms. The second kappa shape index (κ2) is 5.88. The first-order valence-corrected chi connectivity index (χ1v) is 6.61. The van der Waals surface area contributed by atoms with Gasteiger partial charge in [0, 0.05) is 10.0 Å². The number of alkyl halides is 3. The molecule has 0 unspecified atom stereocenters. The summed E-state index contributed by atoms with van der Waals surface area (Å²) in [5.74, 6) is -1.11. The van der Waals surface area contributed by atoms with Crippen molar-refractivity contribution in [2.24, 2.45) is 0 Å². The van der Waals surface area contributed by atoms with Gasteiger partial charge in [0.1, 0.15) is 0 Å². The number of rotatable bonds is 3. The van der Waals surface area contributed by atoms with Crippen LogP contribution in [-0.2, 0) is 10.9 Å². The molecule has 0 atom stereocenters. The van der Waals surface area contributed by atoms with Gasteiger partial charge in [-0.1, -0.05) is 15.9 Å². The lowest BCUT2D eigenvalue weighted by molar-refractivity contribution is -0.137. The largest absolute Gasteiger partial charge is 0.461 e. The minimum Gasteiger partial charge on any atom is -0.461 e. The maximum atomic E-state index is 13.1. The highest BCUT2D eigenvalue weighted by Crippen LogP contribution is 2.39. The van der Waals surface area contributed by atoms with Crippen molar-refractivity contribution in [2.75, 3.05) is 6.61 Å². The number of esters is 1. The molecule has 0 N–H and O–H groups in total. The number of carbonyl (C=O) groups is 1. The van der Waals surface area contributed by atoms with Gasteiger partial charge in [0.05, 0.1) is 12.2 Å². The van der Waals surface area contributed by atoms with E-state index in [0.29, 0.717) is 0 Å². The first-order valence-electron chi connectivity index (χ1n) is 5.82. The molecular formula is C13H9BrF3NO3. The zero-order valence-electron chi connectivity index (χ0n) is 10.7. The van der Waals surface area contributed by atoms with E-state index < -0.39 is 17.7 Å². The Balaban J connectivity index is 2.58. The average Bonchev–Trinajstić information content (AvgIpc) is 2.87. The lowest BCUT2D eigenvalue weighted by atomic mass is 10.0. The maximum absolute atomic E-state index is 13.1. The molecule has 0 aliphatic carbocycles. The van der Waals surface area contributed by atoms with Crippen LogP contribution < -0.4 is 0 Å². The summed E-state index contributed by atoms with van der Waals surface area (Å²) in [6, 6.07) is 3.53. The van der Waals surface area contributed by atoms with Crippen LogP contribution in [0.4, 0.5) is 13.2 Å². The van der Waals surface area contributed by atoms with Crippen LogP contribution in [0.3, 0.4) is 0 Å². The highest BCUT2D eigenvalue weighted by molar-refractivity contribution is 9.10. The lowest BCUT2D eigenvalue weighted by Crippen LogP contribution is -2.10. The van der Waals surface area contributed by atoms with E-state index in [1.54, 1.807) is 6.92 Å². The minimum absolute atomic E-state index is 0.0810. The molecule has 0 spiro atoms. The van der Waals surface area contributed by atoms with Crippen LogP contribution in [0.5, 0.6) is 0 Å². The first kappa shape index (κ1) is 15.6. The SMILES string of the molecule is CCOC(=O)c1ncoc1-c1ccc(Br)cc1C(F)(F)F. The van der Waals surface area contributed by atoms with Crippen molar-refractivity contribution in [1.82, 2.24) is 4.98 Å². The number of nitrogens with zero attached hydrogens (tertiary/aromatic N) is 1. The van der Waals surface area contributed by atoms with Crippen molar-refractivity contribution < 1.29 is 27.1 Å². The molecule has 1 heterocycles. The molecule has 1 aromatic carbocycles. The second-order valence-corrected chi connectivity index (χ2v) is 4.85. The van der Waals surface area contributed by atoms with Gasteiger partial charge >= 0.3 is 12.1 Å². The summed E-state index contributed by atoms with van der Waals surface area (Å²) in [7, 11) is 0. The Morgan fingerprint density at radius 1 is 1.43 bits per heavy atom. The summed E-state index contributed by atoms with van der Waals surface area (Å²) < 4.78 is 49.3. The van der Waals surface area contributed by atoms with E-state index in [9.17, 15) is 18.0 Å². The molecule has 1 aromatic heterocycles. The topological polar surface area (TPSA) is 52.3 Å². The van der Waals surface area contributed by atoms with Gasteiger partial charge in [0.2, 0.25) is 0 Å². The van der Waals surface area contributed by atoms with Crippen molar-refractivity contribution in [2.45, 2.75) is 13.1 Å². The van der Waals surface area contributed by atoms with Crippen LogP contribution in [0, 0.1) is 0 Å². The highest BCUT2D eigenvalue weighted by Gasteiger charge is 2.36. The molecule has 0 aliphatic heterocycles. The van der Waals surface area contributed by atoms with Gasteiger partial charge in [-0.2, -0.15) is 13.2 Å². The number of aromatic nitrogens is 1. The average molecular weight is 364 g/mol. The van der Waals surface area contributed by atoms with Crippen LogP contribution in [0.15, 0.2) is 33.5 Å². The van der Waals surface area contributed by atoms with Crippen LogP contribution in [0.2, 0.25) is 0 Å². The van der Waals surface area contributed by atoms with E-state index in [1.807, 2.05) is 0 Å². The van der Waals surface area contributed by atoms with Crippen LogP contribution in [-0.4, -0.2) is 17.6 Å². The number of hydrogen-bond acceptors (Lipinski definition) is 4. The number of carbonyl (C=O) groups excluding carboxylic acids is 1. The Kier molecular flexibility index (Phi) is 4.36. The van der Waals surface area contributed by atoms with Crippen molar-refractivity contribution in [3.8, 4) is 11.3 Å². The molecular weight excluding hydrogens is 355 g/mol. The van der Waals surface area contributed by atoms with Crippen molar-refractivity contribution in [1.29, 1.82) is 0 Å². The number of oxazole rings is 1. The molecule has 21 heavy (non-hydrogen) atoms. The Morgan fingerprint density at radius 3 is 2.76 bits per heavy atom. The molecule has 2 rings (SSSR count). The number of benzene rings is 1. The van der Waals surface area contributed by atoms with E-state index >= 15 is 0 Å². The fourth-order valence-electron chi connectivity index (χ4n) is 1.73. The van der Waals surface area contributed by atoms with Crippen molar-refractivity contribution in [3.05, 3.63) is 40.3 Å². The Bertz CT molecular complexity index is 667. The normalized spacial score (nSPS) is 11.5. The summed E-state index contributed by atoms with van der Waals surface area (Å²) in [4.78, 5) is 15.3. The van der Waals surface area contributed by atoms with Gasteiger partial charge < -0.3 is 9.15 Å². The molecule has 0 fully saturated rings. The third-order valence-electron chi connectivity index (χ3n) is 2.57. The summed E-state index contributed by atoms with van der Waals surface area (Å²) in [5, 5.41) is 0.